The normalized spacial score (nSPS) is 10.7. The molecule has 14 heavy (non-hydrogen) atoms. The highest BCUT2D eigenvalue weighted by Crippen LogP contribution is 2.30. The van der Waals surface area contributed by atoms with Gasteiger partial charge in [0.1, 0.15) is 4.34 Å². The summed E-state index contributed by atoms with van der Waals surface area (Å²) < 4.78 is 1.40. The minimum atomic E-state index is -1.06. The van der Waals surface area contributed by atoms with E-state index in [1.165, 1.54) is 17.6 Å². The number of nitrogens with zero attached hydrogens (tertiary/aromatic N) is 1. The Bertz CT molecular complexity index is 346. The van der Waals surface area contributed by atoms with Crippen LogP contribution in [-0.2, 0) is 9.63 Å². The van der Waals surface area contributed by atoms with E-state index in [4.69, 9.17) is 16.7 Å². The van der Waals surface area contributed by atoms with Crippen LogP contribution in [0.1, 0.15) is 4.88 Å². The molecule has 1 rings (SSSR count). The summed E-state index contributed by atoms with van der Waals surface area (Å²) in [6, 6.07) is 1.76. The van der Waals surface area contributed by atoms with E-state index in [-0.39, 0.29) is 0 Å². The third-order valence-corrected chi connectivity index (χ3v) is 3.52. The second-order valence-electron chi connectivity index (χ2n) is 2.17. The molecule has 0 saturated heterocycles. The molecule has 0 radical (unpaired) electrons. The highest BCUT2D eigenvalue weighted by molar-refractivity contribution is 9.10. The maximum atomic E-state index is 10.0. The first-order chi connectivity index (χ1) is 6.59. The van der Waals surface area contributed by atoms with Crippen LogP contribution in [0.25, 0.3) is 0 Å². The van der Waals surface area contributed by atoms with Gasteiger partial charge < -0.3 is 9.94 Å². The van der Waals surface area contributed by atoms with E-state index in [2.05, 4.69) is 25.9 Å². The van der Waals surface area contributed by atoms with E-state index in [0.29, 0.717) is 4.34 Å². The fourth-order valence-electron chi connectivity index (χ4n) is 0.609. The summed E-state index contributed by atoms with van der Waals surface area (Å²) in [5.74, 6) is -1.06. The number of halogens is 2. The van der Waals surface area contributed by atoms with Crippen LogP contribution in [0.4, 0.5) is 0 Å². The highest BCUT2D eigenvalue weighted by Gasteiger charge is 2.02. The van der Waals surface area contributed by atoms with Crippen LogP contribution in [0.15, 0.2) is 15.7 Å². The Morgan fingerprint density at radius 3 is 3.07 bits per heavy atom. The number of oxime groups is 1. The molecule has 1 heterocycles. The molecule has 1 N–H and O–H groups in total. The largest absolute Gasteiger partial charge is 0.479 e. The third-order valence-electron chi connectivity index (χ3n) is 1.11. The molecule has 4 nitrogen and oxygen atoms in total. The Hall–Kier alpha value is -0.590. The number of aliphatic carboxylic acids is 1. The molecule has 0 aromatic carbocycles. The summed E-state index contributed by atoms with van der Waals surface area (Å²) in [6.45, 7) is -0.448. The Morgan fingerprint density at radius 1 is 1.86 bits per heavy atom. The van der Waals surface area contributed by atoms with Gasteiger partial charge in [-0.2, -0.15) is 0 Å². The number of carbonyl (C=O) groups is 1. The summed E-state index contributed by atoms with van der Waals surface area (Å²) in [5, 5.41) is 11.7. The topological polar surface area (TPSA) is 58.9 Å². The maximum absolute atomic E-state index is 10.0. The molecule has 76 valence electrons. The second-order valence-corrected chi connectivity index (χ2v) is 4.71. The first-order valence-corrected chi connectivity index (χ1v) is 5.40. The molecule has 0 fully saturated rings. The number of carboxylic acids is 1. The molecule has 0 unspecified atom stereocenters. The molecule has 0 amide bonds. The van der Waals surface area contributed by atoms with Crippen LogP contribution in [0.3, 0.4) is 0 Å². The van der Waals surface area contributed by atoms with Gasteiger partial charge in [-0.3, -0.25) is 0 Å². The number of thiophene rings is 1. The van der Waals surface area contributed by atoms with Crippen molar-refractivity contribution in [3.05, 3.63) is 19.8 Å². The third kappa shape index (κ3) is 3.65. The van der Waals surface area contributed by atoms with Crippen molar-refractivity contribution >= 4 is 51.1 Å². The Kier molecular flexibility index (Phi) is 4.37. The van der Waals surface area contributed by atoms with Crippen molar-refractivity contribution in [3.8, 4) is 0 Å². The van der Waals surface area contributed by atoms with Crippen molar-refractivity contribution in [2.45, 2.75) is 0 Å². The van der Waals surface area contributed by atoms with Crippen molar-refractivity contribution in [2.24, 2.45) is 5.16 Å². The molecule has 1 aromatic rings. The first-order valence-electron chi connectivity index (χ1n) is 3.41. The van der Waals surface area contributed by atoms with Gasteiger partial charge in [0.15, 0.2) is 0 Å². The van der Waals surface area contributed by atoms with Crippen LogP contribution >= 0.6 is 38.9 Å². The van der Waals surface area contributed by atoms with E-state index >= 15 is 0 Å². The van der Waals surface area contributed by atoms with Crippen LogP contribution in [0, 0.1) is 0 Å². The summed E-state index contributed by atoms with van der Waals surface area (Å²) in [5.41, 5.74) is 0. The molecule has 7 heteroatoms. The highest BCUT2D eigenvalue weighted by atomic mass is 79.9. The van der Waals surface area contributed by atoms with E-state index < -0.39 is 12.6 Å². The number of carboxylic acid groups (broad SMARTS) is 1. The maximum Gasteiger partial charge on any atom is 0.344 e. The van der Waals surface area contributed by atoms with Crippen molar-refractivity contribution in [1.82, 2.24) is 0 Å². The van der Waals surface area contributed by atoms with Gasteiger partial charge >= 0.3 is 5.97 Å². The van der Waals surface area contributed by atoms with E-state index in [0.717, 1.165) is 9.35 Å². The predicted octanol–water partition coefficient (Wildman–Crippen LogP) is 2.60. The van der Waals surface area contributed by atoms with Gasteiger partial charge in [0.2, 0.25) is 6.61 Å². The van der Waals surface area contributed by atoms with Crippen molar-refractivity contribution in [2.75, 3.05) is 6.61 Å². The molecule has 1 aromatic heterocycles. The number of hydrogen-bond donors (Lipinski definition) is 1. The molecule has 0 bridgehead atoms. The molecular weight excluding hydrogens is 294 g/mol. The fourth-order valence-corrected chi connectivity index (χ4v) is 2.21. The van der Waals surface area contributed by atoms with E-state index in [1.54, 1.807) is 6.07 Å². The molecular formula is C7H5BrClNO3S. The molecule has 0 aliphatic carbocycles. The Morgan fingerprint density at radius 2 is 2.57 bits per heavy atom. The van der Waals surface area contributed by atoms with Crippen molar-refractivity contribution in [3.63, 3.8) is 0 Å². The zero-order valence-electron chi connectivity index (χ0n) is 6.74. The van der Waals surface area contributed by atoms with Gasteiger partial charge in [-0.15, -0.1) is 11.3 Å². The van der Waals surface area contributed by atoms with Crippen LogP contribution < -0.4 is 0 Å². The van der Waals surface area contributed by atoms with Crippen LogP contribution in [0.2, 0.25) is 4.34 Å². The lowest BCUT2D eigenvalue weighted by molar-refractivity contribution is -0.142. The monoisotopic (exact) mass is 297 g/mol. The number of hydrogen-bond acceptors (Lipinski definition) is 4. The average molecular weight is 299 g/mol. The lowest BCUT2D eigenvalue weighted by Crippen LogP contribution is -2.03. The Balaban J connectivity index is 2.48. The quantitative estimate of drug-likeness (QED) is 0.686. The average Bonchev–Trinajstić information content (AvgIpc) is 2.40. The predicted molar refractivity (Wildman–Crippen MR) is 58.2 cm³/mol. The second kappa shape index (κ2) is 5.33. The SMILES string of the molecule is O=C(O)CON=Cc1cc(Br)c(Cl)s1. The molecule has 0 atom stereocenters. The van der Waals surface area contributed by atoms with Gasteiger partial charge in [0.05, 0.1) is 11.1 Å². The molecule has 0 spiro atoms. The summed E-state index contributed by atoms with van der Waals surface area (Å²) >= 11 is 10.3. The van der Waals surface area contributed by atoms with E-state index in [1.807, 2.05) is 0 Å². The smallest absolute Gasteiger partial charge is 0.344 e. The van der Waals surface area contributed by atoms with Gasteiger partial charge in [0.25, 0.3) is 0 Å². The summed E-state index contributed by atoms with van der Waals surface area (Å²) in [6.07, 6.45) is 1.41. The first kappa shape index (κ1) is 11.5. The zero-order chi connectivity index (χ0) is 10.6. The van der Waals surface area contributed by atoms with Gasteiger partial charge in [-0.05, 0) is 22.0 Å². The molecule has 0 aliphatic heterocycles. The lowest BCUT2D eigenvalue weighted by Gasteiger charge is -1.90. The zero-order valence-corrected chi connectivity index (χ0v) is 9.90. The van der Waals surface area contributed by atoms with Crippen LogP contribution in [0.5, 0.6) is 0 Å². The minimum absolute atomic E-state index is 0.448. The fraction of sp³-hybridized carbons (Fsp3) is 0.143. The van der Waals surface area contributed by atoms with Crippen LogP contribution in [-0.4, -0.2) is 23.9 Å². The summed E-state index contributed by atoms with van der Waals surface area (Å²) in [7, 11) is 0. The van der Waals surface area contributed by atoms with Gasteiger partial charge in [-0.25, -0.2) is 4.79 Å². The molecule has 0 aliphatic rings. The van der Waals surface area contributed by atoms with Gasteiger partial charge in [0, 0.05) is 4.47 Å². The summed E-state index contributed by atoms with van der Waals surface area (Å²) in [4.78, 5) is 15.3. The number of rotatable bonds is 4. The van der Waals surface area contributed by atoms with Crippen molar-refractivity contribution in [1.29, 1.82) is 0 Å². The molecule has 0 saturated carbocycles. The Labute approximate surface area is 97.3 Å². The minimum Gasteiger partial charge on any atom is -0.479 e. The standard InChI is InChI=1S/C7H5BrClNO3S/c8-5-1-4(14-7(5)9)2-10-13-3-6(11)12/h1-2H,3H2,(H,11,12). The van der Waals surface area contributed by atoms with Gasteiger partial charge in [-0.1, -0.05) is 16.8 Å². The van der Waals surface area contributed by atoms with E-state index in [9.17, 15) is 4.79 Å². The van der Waals surface area contributed by atoms with Crippen molar-refractivity contribution < 1.29 is 14.7 Å². The lowest BCUT2D eigenvalue weighted by atomic mass is 10.5.